The maximum Gasteiger partial charge on any atom is 0.591 e. The molecule has 0 aromatic heterocycles. The monoisotopic (exact) mass is 178 g/mol. The second-order valence-electron chi connectivity index (χ2n) is 1.57. The van der Waals surface area contributed by atoms with Crippen molar-refractivity contribution >= 4 is 18.1 Å². The number of carbonyl (C=O) groups is 3. The maximum atomic E-state index is 10.3. The van der Waals surface area contributed by atoms with Crippen LogP contribution in [0.3, 0.4) is 0 Å². The fourth-order valence-electron chi connectivity index (χ4n) is 0.199. The minimum absolute atomic E-state index is 0.838. The SMILES string of the molecule is CC(=O)OOC(=O)OOC(C)=O. The van der Waals surface area contributed by atoms with Crippen molar-refractivity contribution in [1.82, 2.24) is 0 Å². The van der Waals surface area contributed by atoms with Crippen LogP contribution in [-0.2, 0) is 29.1 Å². The lowest BCUT2D eigenvalue weighted by Gasteiger charge is -1.98. The highest BCUT2D eigenvalue weighted by Crippen LogP contribution is 1.89. The number of hydrogen-bond acceptors (Lipinski definition) is 7. The van der Waals surface area contributed by atoms with E-state index in [-0.39, 0.29) is 0 Å². The summed E-state index contributed by atoms with van der Waals surface area (Å²) in [4.78, 5) is 45.1. The van der Waals surface area contributed by atoms with Crippen LogP contribution in [0.4, 0.5) is 4.79 Å². The Labute approximate surface area is 67.0 Å². The van der Waals surface area contributed by atoms with Crippen LogP contribution in [0.15, 0.2) is 0 Å². The summed E-state index contributed by atoms with van der Waals surface area (Å²) in [7, 11) is 0. The highest BCUT2D eigenvalue weighted by molar-refractivity contribution is 5.68. The van der Waals surface area contributed by atoms with Crippen molar-refractivity contribution in [2.24, 2.45) is 0 Å². The predicted octanol–water partition coefficient (Wildman–Crippen LogP) is 0.0958. The van der Waals surface area contributed by atoms with Crippen molar-refractivity contribution in [2.45, 2.75) is 13.8 Å². The number of carbonyl (C=O) groups excluding carboxylic acids is 3. The molecule has 0 spiro atoms. The van der Waals surface area contributed by atoms with Gasteiger partial charge < -0.3 is 0 Å². The molecule has 7 nitrogen and oxygen atoms in total. The third-order valence-corrected chi connectivity index (χ3v) is 0.454. The Morgan fingerprint density at radius 2 is 1.08 bits per heavy atom. The molecule has 68 valence electrons. The van der Waals surface area contributed by atoms with Crippen LogP contribution >= 0.6 is 0 Å². The zero-order chi connectivity index (χ0) is 9.56. The largest absolute Gasteiger partial charge is 0.591 e. The van der Waals surface area contributed by atoms with E-state index in [1.165, 1.54) is 0 Å². The highest BCUT2D eigenvalue weighted by atomic mass is 17.3. The molecule has 0 radical (unpaired) electrons. The van der Waals surface area contributed by atoms with Crippen molar-refractivity contribution in [3.8, 4) is 0 Å². The van der Waals surface area contributed by atoms with Gasteiger partial charge in [0.1, 0.15) is 0 Å². The van der Waals surface area contributed by atoms with Crippen LogP contribution < -0.4 is 0 Å². The Bertz CT molecular complexity index is 176. The molecule has 0 atom stereocenters. The van der Waals surface area contributed by atoms with Crippen LogP contribution in [-0.4, -0.2) is 18.1 Å². The average molecular weight is 178 g/mol. The van der Waals surface area contributed by atoms with Gasteiger partial charge in [-0.05, 0) is 0 Å². The molecule has 7 heteroatoms. The molecule has 0 aliphatic carbocycles. The van der Waals surface area contributed by atoms with Gasteiger partial charge >= 0.3 is 18.1 Å². The highest BCUT2D eigenvalue weighted by Gasteiger charge is 2.10. The van der Waals surface area contributed by atoms with Gasteiger partial charge in [-0.3, -0.25) is 0 Å². The Hall–Kier alpha value is -1.79. The van der Waals surface area contributed by atoms with Crippen molar-refractivity contribution < 1.29 is 33.9 Å². The van der Waals surface area contributed by atoms with E-state index in [1.54, 1.807) is 0 Å². The molecule has 0 fully saturated rings. The molecule has 0 rings (SSSR count). The smallest absolute Gasteiger partial charge is 0.248 e. The van der Waals surface area contributed by atoms with E-state index in [4.69, 9.17) is 0 Å². The zero-order valence-corrected chi connectivity index (χ0v) is 6.36. The predicted molar refractivity (Wildman–Crippen MR) is 31.1 cm³/mol. The molecular weight excluding hydrogens is 172 g/mol. The lowest BCUT2D eigenvalue weighted by atomic mass is 10.8. The van der Waals surface area contributed by atoms with Gasteiger partial charge in [-0.15, -0.1) is 0 Å². The molecule has 0 heterocycles. The number of hydrogen-bond donors (Lipinski definition) is 0. The topological polar surface area (TPSA) is 88.1 Å². The van der Waals surface area contributed by atoms with Crippen LogP contribution in [0, 0.1) is 0 Å². The Morgan fingerprint density at radius 1 is 0.750 bits per heavy atom. The normalized spacial score (nSPS) is 8.17. The molecule has 0 amide bonds. The van der Waals surface area contributed by atoms with E-state index < -0.39 is 18.1 Å². The molecule has 0 N–H and O–H groups in total. The second-order valence-corrected chi connectivity index (χ2v) is 1.57. The summed E-state index contributed by atoms with van der Waals surface area (Å²) in [6.45, 7) is 2.03. The minimum Gasteiger partial charge on any atom is -0.248 e. The van der Waals surface area contributed by atoms with Gasteiger partial charge in [0.15, 0.2) is 0 Å². The van der Waals surface area contributed by atoms with Crippen molar-refractivity contribution in [2.75, 3.05) is 0 Å². The first-order valence-electron chi connectivity index (χ1n) is 2.76. The van der Waals surface area contributed by atoms with Gasteiger partial charge in [0.25, 0.3) is 0 Å². The molecule has 0 aliphatic heterocycles. The van der Waals surface area contributed by atoms with Gasteiger partial charge in [-0.2, -0.15) is 4.79 Å². The van der Waals surface area contributed by atoms with Gasteiger partial charge in [0.2, 0.25) is 0 Å². The van der Waals surface area contributed by atoms with Crippen molar-refractivity contribution in [3.05, 3.63) is 0 Å². The average Bonchev–Trinajstić information content (AvgIpc) is 1.96. The van der Waals surface area contributed by atoms with Crippen molar-refractivity contribution in [1.29, 1.82) is 0 Å². The molecule has 0 bridgehead atoms. The molecule has 0 saturated carbocycles. The zero-order valence-electron chi connectivity index (χ0n) is 6.36. The summed E-state index contributed by atoms with van der Waals surface area (Å²) in [6.07, 6.45) is -1.44. The third-order valence-electron chi connectivity index (χ3n) is 0.454. The van der Waals surface area contributed by atoms with E-state index in [1.807, 2.05) is 0 Å². The standard InChI is InChI=1S/C5H6O7/c1-3(6)9-11-5(8)12-10-4(2)7/h1-2H3. The third kappa shape index (κ3) is 6.33. The van der Waals surface area contributed by atoms with Crippen LogP contribution in [0.25, 0.3) is 0 Å². The van der Waals surface area contributed by atoms with E-state index >= 15 is 0 Å². The summed E-state index contributed by atoms with van der Waals surface area (Å²) in [5.74, 6) is -1.68. The van der Waals surface area contributed by atoms with E-state index in [2.05, 4.69) is 19.6 Å². The first-order valence-corrected chi connectivity index (χ1v) is 2.76. The number of rotatable bonds is 0. The van der Waals surface area contributed by atoms with Gasteiger partial charge in [0, 0.05) is 13.8 Å². The summed E-state index contributed by atoms with van der Waals surface area (Å²) < 4.78 is 0. The molecule has 0 aliphatic rings. The summed E-state index contributed by atoms with van der Waals surface area (Å²) in [6, 6.07) is 0. The van der Waals surface area contributed by atoms with Crippen LogP contribution in [0.2, 0.25) is 0 Å². The molecule has 12 heavy (non-hydrogen) atoms. The van der Waals surface area contributed by atoms with E-state index in [0.29, 0.717) is 0 Å². The maximum absolute atomic E-state index is 10.3. The van der Waals surface area contributed by atoms with Gasteiger partial charge in [0.05, 0.1) is 0 Å². The minimum atomic E-state index is -1.44. The fourth-order valence-corrected chi connectivity index (χ4v) is 0.199. The summed E-state index contributed by atoms with van der Waals surface area (Å²) in [5.41, 5.74) is 0. The van der Waals surface area contributed by atoms with E-state index in [0.717, 1.165) is 13.8 Å². The fraction of sp³-hybridized carbons (Fsp3) is 0.400. The molecule has 0 aromatic rings. The first-order chi connectivity index (χ1) is 5.52. The summed E-state index contributed by atoms with van der Waals surface area (Å²) in [5, 5.41) is 0. The molecule has 0 saturated heterocycles. The van der Waals surface area contributed by atoms with Crippen LogP contribution in [0.5, 0.6) is 0 Å². The van der Waals surface area contributed by atoms with Crippen molar-refractivity contribution in [3.63, 3.8) is 0 Å². The van der Waals surface area contributed by atoms with Gasteiger partial charge in [-0.1, -0.05) is 0 Å². The lowest BCUT2D eigenvalue weighted by Crippen LogP contribution is -2.12. The van der Waals surface area contributed by atoms with Gasteiger partial charge in [-0.25, -0.2) is 29.1 Å². The molecular formula is C5H6O7. The van der Waals surface area contributed by atoms with E-state index in [9.17, 15) is 14.4 Å². The summed E-state index contributed by atoms with van der Waals surface area (Å²) >= 11 is 0. The van der Waals surface area contributed by atoms with Crippen LogP contribution in [0.1, 0.15) is 13.8 Å². The lowest BCUT2D eigenvalue weighted by molar-refractivity contribution is -0.291. The first kappa shape index (κ1) is 10.2. The second kappa shape index (κ2) is 4.94. The molecule has 0 unspecified atom stereocenters. The Kier molecular flexibility index (Phi) is 4.20. The molecule has 0 aromatic carbocycles. The Balaban J connectivity index is 3.47. The quantitative estimate of drug-likeness (QED) is 0.383. The Morgan fingerprint density at radius 3 is 1.33 bits per heavy atom.